The first-order valence-electron chi connectivity index (χ1n) is 4.48. The van der Waals surface area contributed by atoms with E-state index in [0.29, 0.717) is 0 Å². The Morgan fingerprint density at radius 1 is 1.64 bits per heavy atom. The van der Waals surface area contributed by atoms with Crippen LogP contribution in [0.25, 0.3) is 0 Å². The first-order valence-corrected chi connectivity index (χ1v) is 4.48. The SMILES string of the molecule is COC(C)(c1ccccn1)C(N)CO. The van der Waals surface area contributed by atoms with Gasteiger partial charge in [0.2, 0.25) is 0 Å². The van der Waals surface area contributed by atoms with Gasteiger partial charge in [0.05, 0.1) is 18.3 Å². The van der Waals surface area contributed by atoms with E-state index in [1.807, 2.05) is 25.1 Å². The summed E-state index contributed by atoms with van der Waals surface area (Å²) in [5.74, 6) is 0. The quantitative estimate of drug-likeness (QED) is 0.725. The van der Waals surface area contributed by atoms with Crippen LogP contribution < -0.4 is 5.73 Å². The van der Waals surface area contributed by atoms with Gasteiger partial charge in [-0.05, 0) is 19.1 Å². The molecule has 3 N–H and O–H groups in total. The van der Waals surface area contributed by atoms with E-state index >= 15 is 0 Å². The molecule has 1 aromatic rings. The Balaban J connectivity index is 3.01. The first-order chi connectivity index (χ1) is 6.65. The fourth-order valence-corrected chi connectivity index (χ4v) is 1.28. The van der Waals surface area contributed by atoms with Crippen LogP contribution in [0.15, 0.2) is 24.4 Å². The summed E-state index contributed by atoms with van der Waals surface area (Å²) in [4.78, 5) is 4.17. The molecule has 4 nitrogen and oxygen atoms in total. The molecule has 0 aliphatic heterocycles. The molecule has 4 heteroatoms. The zero-order valence-corrected chi connectivity index (χ0v) is 8.47. The minimum Gasteiger partial charge on any atom is -0.395 e. The first kappa shape index (κ1) is 11.1. The monoisotopic (exact) mass is 196 g/mol. The molecule has 0 radical (unpaired) electrons. The van der Waals surface area contributed by atoms with Crippen molar-refractivity contribution in [1.29, 1.82) is 0 Å². The highest BCUT2D eigenvalue weighted by Crippen LogP contribution is 2.25. The molecule has 2 unspecified atom stereocenters. The molecule has 0 spiro atoms. The van der Waals surface area contributed by atoms with E-state index in [9.17, 15) is 0 Å². The maximum atomic E-state index is 9.03. The molecular formula is C10H16N2O2. The number of aromatic nitrogens is 1. The predicted molar refractivity (Wildman–Crippen MR) is 53.7 cm³/mol. The van der Waals surface area contributed by atoms with Crippen molar-refractivity contribution in [3.05, 3.63) is 30.1 Å². The van der Waals surface area contributed by atoms with E-state index in [2.05, 4.69) is 4.98 Å². The van der Waals surface area contributed by atoms with Gasteiger partial charge in [-0.15, -0.1) is 0 Å². The minimum atomic E-state index is -0.740. The number of rotatable bonds is 4. The number of nitrogens with zero attached hydrogens (tertiary/aromatic N) is 1. The number of methoxy groups -OCH3 is 1. The number of aliphatic hydroxyl groups is 1. The van der Waals surface area contributed by atoms with Crippen LogP contribution in [-0.2, 0) is 10.3 Å². The highest BCUT2D eigenvalue weighted by Gasteiger charge is 2.34. The lowest BCUT2D eigenvalue weighted by molar-refractivity contribution is -0.0371. The lowest BCUT2D eigenvalue weighted by atomic mass is 9.93. The maximum absolute atomic E-state index is 9.03. The lowest BCUT2D eigenvalue weighted by Crippen LogP contribution is -2.47. The Labute approximate surface area is 83.7 Å². The summed E-state index contributed by atoms with van der Waals surface area (Å²) in [6, 6.07) is 5.04. The molecule has 0 aliphatic carbocycles. The van der Waals surface area contributed by atoms with Gasteiger partial charge in [-0.1, -0.05) is 6.07 Å². The Morgan fingerprint density at radius 3 is 2.79 bits per heavy atom. The third kappa shape index (κ3) is 1.92. The van der Waals surface area contributed by atoms with Crippen molar-refractivity contribution in [2.75, 3.05) is 13.7 Å². The summed E-state index contributed by atoms with van der Waals surface area (Å²) in [6.07, 6.45) is 1.68. The molecule has 78 valence electrons. The molecule has 0 saturated carbocycles. The fourth-order valence-electron chi connectivity index (χ4n) is 1.28. The second kappa shape index (κ2) is 4.50. The van der Waals surface area contributed by atoms with Crippen molar-refractivity contribution in [3.63, 3.8) is 0 Å². The van der Waals surface area contributed by atoms with Crippen LogP contribution in [-0.4, -0.2) is 29.8 Å². The molecule has 1 heterocycles. The molecule has 2 atom stereocenters. The largest absolute Gasteiger partial charge is 0.395 e. The van der Waals surface area contributed by atoms with E-state index in [4.69, 9.17) is 15.6 Å². The number of pyridine rings is 1. The summed E-state index contributed by atoms with van der Waals surface area (Å²) in [5, 5.41) is 9.03. The normalized spacial score (nSPS) is 17.4. The zero-order chi connectivity index (χ0) is 10.6. The average molecular weight is 196 g/mol. The average Bonchev–Trinajstić information content (AvgIpc) is 2.28. The van der Waals surface area contributed by atoms with Crippen LogP contribution >= 0.6 is 0 Å². The van der Waals surface area contributed by atoms with Gasteiger partial charge in [0, 0.05) is 13.3 Å². The van der Waals surface area contributed by atoms with Crippen molar-refractivity contribution < 1.29 is 9.84 Å². The number of nitrogens with two attached hydrogens (primary N) is 1. The molecule has 14 heavy (non-hydrogen) atoms. The number of aliphatic hydroxyl groups excluding tert-OH is 1. The lowest BCUT2D eigenvalue weighted by Gasteiger charge is -2.32. The van der Waals surface area contributed by atoms with E-state index in [1.165, 1.54) is 0 Å². The summed E-state index contributed by atoms with van der Waals surface area (Å²) in [7, 11) is 1.56. The van der Waals surface area contributed by atoms with Crippen LogP contribution in [0.3, 0.4) is 0 Å². The fraction of sp³-hybridized carbons (Fsp3) is 0.500. The number of ether oxygens (including phenoxy) is 1. The third-order valence-corrected chi connectivity index (χ3v) is 2.50. The van der Waals surface area contributed by atoms with Gasteiger partial charge in [0.15, 0.2) is 0 Å². The van der Waals surface area contributed by atoms with E-state index in [-0.39, 0.29) is 6.61 Å². The maximum Gasteiger partial charge on any atom is 0.124 e. The molecule has 0 aromatic carbocycles. The van der Waals surface area contributed by atoms with Gasteiger partial charge in [-0.3, -0.25) is 4.98 Å². The summed E-state index contributed by atoms with van der Waals surface area (Å²) < 4.78 is 5.33. The van der Waals surface area contributed by atoms with Crippen LogP contribution in [0.2, 0.25) is 0 Å². The summed E-state index contributed by atoms with van der Waals surface area (Å²) in [5.41, 5.74) is 5.76. The van der Waals surface area contributed by atoms with Gasteiger partial charge >= 0.3 is 0 Å². The minimum absolute atomic E-state index is 0.138. The van der Waals surface area contributed by atoms with E-state index in [0.717, 1.165) is 5.69 Å². The molecule has 0 saturated heterocycles. The molecule has 0 amide bonds. The van der Waals surface area contributed by atoms with Gasteiger partial charge in [0.1, 0.15) is 5.60 Å². The van der Waals surface area contributed by atoms with Gasteiger partial charge in [-0.25, -0.2) is 0 Å². The Morgan fingerprint density at radius 2 is 2.36 bits per heavy atom. The van der Waals surface area contributed by atoms with Crippen LogP contribution in [0.4, 0.5) is 0 Å². The third-order valence-electron chi connectivity index (χ3n) is 2.50. The van der Waals surface area contributed by atoms with Crippen LogP contribution in [0.5, 0.6) is 0 Å². The second-order valence-electron chi connectivity index (χ2n) is 3.32. The second-order valence-corrected chi connectivity index (χ2v) is 3.32. The van der Waals surface area contributed by atoms with E-state index < -0.39 is 11.6 Å². The van der Waals surface area contributed by atoms with Gasteiger partial charge in [0.25, 0.3) is 0 Å². The van der Waals surface area contributed by atoms with Crippen LogP contribution in [0.1, 0.15) is 12.6 Å². The van der Waals surface area contributed by atoms with Crippen LogP contribution in [0, 0.1) is 0 Å². The van der Waals surface area contributed by atoms with Gasteiger partial charge in [-0.2, -0.15) is 0 Å². The number of hydrogen-bond donors (Lipinski definition) is 2. The summed E-state index contributed by atoms with van der Waals surface area (Å²) >= 11 is 0. The Hall–Kier alpha value is -0.970. The predicted octanol–water partition coefficient (Wildman–Crippen LogP) is 0.263. The molecule has 0 fully saturated rings. The topological polar surface area (TPSA) is 68.4 Å². The van der Waals surface area contributed by atoms with E-state index in [1.54, 1.807) is 13.3 Å². The van der Waals surface area contributed by atoms with Crippen molar-refractivity contribution in [1.82, 2.24) is 4.98 Å². The Bertz CT molecular complexity index is 279. The Kier molecular flexibility index (Phi) is 3.57. The molecule has 0 aliphatic rings. The van der Waals surface area contributed by atoms with Crippen molar-refractivity contribution in [2.24, 2.45) is 5.73 Å². The highest BCUT2D eigenvalue weighted by atomic mass is 16.5. The van der Waals surface area contributed by atoms with Crippen molar-refractivity contribution in [2.45, 2.75) is 18.6 Å². The molecular weight excluding hydrogens is 180 g/mol. The summed E-state index contributed by atoms with van der Waals surface area (Å²) in [6.45, 7) is 1.68. The smallest absolute Gasteiger partial charge is 0.124 e. The number of hydrogen-bond acceptors (Lipinski definition) is 4. The molecule has 1 aromatic heterocycles. The van der Waals surface area contributed by atoms with Crippen molar-refractivity contribution >= 4 is 0 Å². The van der Waals surface area contributed by atoms with Gasteiger partial charge < -0.3 is 15.6 Å². The van der Waals surface area contributed by atoms with Crippen molar-refractivity contribution in [3.8, 4) is 0 Å². The molecule has 0 bridgehead atoms. The highest BCUT2D eigenvalue weighted by molar-refractivity contribution is 5.15. The zero-order valence-electron chi connectivity index (χ0n) is 8.47. The standard InChI is InChI=1S/C10H16N2O2/c1-10(14-2,8(11)7-13)9-5-3-4-6-12-9/h3-6,8,13H,7,11H2,1-2H3. The molecule has 1 rings (SSSR count).